The number of hydrogen-bond acceptors (Lipinski definition) is 5. The number of allylic oxidation sites excluding steroid dienone is 2. The molecule has 0 aromatic heterocycles. The molecule has 1 aromatic rings. The summed E-state index contributed by atoms with van der Waals surface area (Å²) in [5.41, 5.74) is 6.76. The predicted octanol–water partition coefficient (Wildman–Crippen LogP) is 3.99. The summed E-state index contributed by atoms with van der Waals surface area (Å²) in [5, 5.41) is 6.27. The number of carbonyl (C=O) groups is 2. The van der Waals surface area contributed by atoms with E-state index in [1.165, 1.54) is 17.7 Å². The number of nitrogens with zero attached hydrogens (tertiary/aromatic N) is 2. The average Bonchev–Trinajstić information content (AvgIpc) is 2.64. The van der Waals surface area contributed by atoms with Gasteiger partial charge in [0.2, 0.25) is 0 Å². The molecule has 0 saturated carbocycles. The Labute approximate surface area is 159 Å². The van der Waals surface area contributed by atoms with Crippen LogP contribution in [0.1, 0.15) is 56.0 Å². The van der Waals surface area contributed by atoms with Crippen molar-refractivity contribution in [2.75, 3.05) is 0 Å². The fourth-order valence-corrected chi connectivity index (χ4v) is 2.18. The summed E-state index contributed by atoms with van der Waals surface area (Å²) >= 11 is 0. The molecule has 0 aliphatic rings. The molecule has 1 unspecified atom stereocenters. The van der Waals surface area contributed by atoms with Crippen molar-refractivity contribution in [3.8, 4) is 0 Å². The van der Waals surface area contributed by atoms with Gasteiger partial charge in [-0.2, -0.15) is 5.10 Å². The van der Waals surface area contributed by atoms with E-state index in [0.29, 0.717) is 17.0 Å². The van der Waals surface area contributed by atoms with Crippen molar-refractivity contribution >= 4 is 24.1 Å². The van der Waals surface area contributed by atoms with Gasteiger partial charge in [-0.05, 0) is 62.8 Å². The van der Waals surface area contributed by atoms with Gasteiger partial charge in [0, 0.05) is 17.9 Å². The molecule has 1 aromatic carbocycles. The standard InChI is InChI=1S/C20H26N4O3/c1-15(2)5-4-6-16(3)13-14-21-23-20(26)18-10-7-17(8-11-18)9-12-19(25)22-24-27/h5,7-12,14,16H,4,6,13H2,1-3H3,(H,23,26)(H,22,25,27). The minimum atomic E-state index is -0.615. The Morgan fingerprint density at radius 2 is 1.85 bits per heavy atom. The Kier molecular flexibility index (Phi) is 10.00. The largest absolute Gasteiger partial charge is 0.271 e. The van der Waals surface area contributed by atoms with Gasteiger partial charge in [0.1, 0.15) is 0 Å². The maximum Gasteiger partial charge on any atom is 0.271 e. The lowest BCUT2D eigenvalue weighted by molar-refractivity contribution is -0.116. The Morgan fingerprint density at radius 1 is 1.15 bits per heavy atom. The first-order valence-corrected chi connectivity index (χ1v) is 8.78. The second-order valence-corrected chi connectivity index (χ2v) is 6.47. The smallest absolute Gasteiger partial charge is 0.268 e. The summed E-state index contributed by atoms with van der Waals surface area (Å²) in [4.78, 5) is 33.0. The van der Waals surface area contributed by atoms with Gasteiger partial charge in [-0.15, -0.1) is 4.91 Å². The van der Waals surface area contributed by atoms with Crippen LogP contribution >= 0.6 is 0 Å². The summed E-state index contributed by atoms with van der Waals surface area (Å²) < 4.78 is 0. The number of rotatable bonds is 10. The molecule has 27 heavy (non-hydrogen) atoms. The molecule has 144 valence electrons. The second-order valence-electron chi connectivity index (χ2n) is 6.47. The van der Waals surface area contributed by atoms with E-state index < -0.39 is 5.91 Å². The lowest BCUT2D eigenvalue weighted by atomic mass is 10.0. The van der Waals surface area contributed by atoms with E-state index in [4.69, 9.17) is 0 Å². The van der Waals surface area contributed by atoms with Gasteiger partial charge in [0.15, 0.2) is 0 Å². The number of benzene rings is 1. The van der Waals surface area contributed by atoms with Crippen LogP contribution in [0.5, 0.6) is 0 Å². The van der Waals surface area contributed by atoms with Crippen LogP contribution in [0.25, 0.3) is 6.08 Å². The summed E-state index contributed by atoms with van der Waals surface area (Å²) in [6.45, 7) is 6.34. The Hall–Kier alpha value is -3.09. The minimum absolute atomic E-state index is 0.304. The first kappa shape index (κ1) is 22.0. The molecule has 0 aliphatic heterocycles. The Balaban J connectivity index is 2.43. The monoisotopic (exact) mass is 370 g/mol. The van der Waals surface area contributed by atoms with Crippen LogP contribution in [0.3, 0.4) is 0 Å². The predicted molar refractivity (Wildman–Crippen MR) is 108 cm³/mol. The zero-order chi connectivity index (χ0) is 20.1. The second kappa shape index (κ2) is 12.3. The SMILES string of the molecule is CC(C)=CCCC(C)CC=NNC(=O)c1ccc(C=CC(=O)NN=O)cc1. The van der Waals surface area contributed by atoms with Crippen molar-refractivity contribution in [1.82, 2.24) is 10.9 Å². The van der Waals surface area contributed by atoms with Crippen LogP contribution in [-0.4, -0.2) is 18.0 Å². The molecule has 2 amide bonds. The first-order chi connectivity index (χ1) is 12.9. The van der Waals surface area contributed by atoms with E-state index in [2.05, 4.69) is 42.7 Å². The third kappa shape index (κ3) is 9.84. The normalized spacial score (nSPS) is 12.0. The highest BCUT2D eigenvalue weighted by Gasteiger charge is 2.04. The van der Waals surface area contributed by atoms with E-state index in [1.807, 2.05) is 0 Å². The molecule has 0 fully saturated rings. The van der Waals surface area contributed by atoms with E-state index in [1.54, 1.807) is 35.9 Å². The summed E-state index contributed by atoms with van der Waals surface area (Å²) in [7, 11) is 0. The van der Waals surface area contributed by atoms with Crippen LogP contribution in [0.4, 0.5) is 0 Å². The minimum Gasteiger partial charge on any atom is -0.268 e. The van der Waals surface area contributed by atoms with E-state index in [-0.39, 0.29) is 5.91 Å². The van der Waals surface area contributed by atoms with Crippen LogP contribution in [0.2, 0.25) is 0 Å². The number of nitroso groups, excluding NO2 is 1. The molecule has 2 N–H and O–H groups in total. The molecule has 0 bridgehead atoms. The van der Waals surface area contributed by atoms with Crippen LogP contribution in [0.15, 0.2) is 52.4 Å². The third-order valence-corrected chi connectivity index (χ3v) is 3.73. The van der Waals surface area contributed by atoms with Gasteiger partial charge in [-0.25, -0.2) is 10.9 Å². The quantitative estimate of drug-likeness (QED) is 0.214. The maximum atomic E-state index is 12.0. The highest BCUT2D eigenvalue weighted by Crippen LogP contribution is 2.10. The van der Waals surface area contributed by atoms with Gasteiger partial charge in [0.05, 0.1) is 5.29 Å². The van der Waals surface area contributed by atoms with Crippen molar-refractivity contribution in [2.24, 2.45) is 16.3 Å². The van der Waals surface area contributed by atoms with Gasteiger partial charge < -0.3 is 0 Å². The van der Waals surface area contributed by atoms with Crippen molar-refractivity contribution in [3.63, 3.8) is 0 Å². The zero-order valence-electron chi connectivity index (χ0n) is 15.9. The fourth-order valence-electron chi connectivity index (χ4n) is 2.18. The molecule has 0 heterocycles. The van der Waals surface area contributed by atoms with Crippen LogP contribution in [-0.2, 0) is 4.79 Å². The molecule has 7 nitrogen and oxygen atoms in total. The summed E-state index contributed by atoms with van der Waals surface area (Å²) in [6, 6.07) is 6.62. The molecule has 1 rings (SSSR count). The molecular formula is C20H26N4O3. The highest BCUT2D eigenvalue weighted by atomic mass is 16.3. The number of nitrogens with one attached hydrogen (secondary N) is 2. The Morgan fingerprint density at radius 3 is 2.48 bits per heavy atom. The highest BCUT2D eigenvalue weighted by molar-refractivity contribution is 5.95. The summed E-state index contributed by atoms with van der Waals surface area (Å²) in [6.07, 6.45) is 9.58. The average molecular weight is 370 g/mol. The zero-order valence-corrected chi connectivity index (χ0v) is 15.9. The third-order valence-electron chi connectivity index (χ3n) is 3.73. The van der Waals surface area contributed by atoms with E-state index in [9.17, 15) is 14.5 Å². The van der Waals surface area contributed by atoms with Gasteiger partial charge in [-0.1, -0.05) is 30.7 Å². The molecule has 0 radical (unpaired) electrons. The lowest BCUT2D eigenvalue weighted by Crippen LogP contribution is -2.17. The topological polar surface area (TPSA) is 100.0 Å². The van der Waals surface area contributed by atoms with Crippen LogP contribution < -0.4 is 10.9 Å². The number of hydrazone groups is 1. The van der Waals surface area contributed by atoms with Crippen molar-refractivity contribution < 1.29 is 9.59 Å². The molecule has 0 spiro atoms. The van der Waals surface area contributed by atoms with Crippen molar-refractivity contribution in [2.45, 2.75) is 40.0 Å². The lowest BCUT2D eigenvalue weighted by Gasteiger charge is -2.06. The molecular weight excluding hydrogens is 344 g/mol. The van der Waals surface area contributed by atoms with E-state index >= 15 is 0 Å². The van der Waals surface area contributed by atoms with Crippen molar-refractivity contribution in [1.29, 1.82) is 0 Å². The summed E-state index contributed by atoms with van der Waals surface area (Å²) in [5.74, 6) is -0.419. The number of amides is 2. The first-order valence-electron chi connectivity index (χ1n) is 8.78. The van der Waals surface area contributed by atoms with E-state index in [0.717, 1.165) is 19.3 Å². The number of carbonyl (C=O) groups excluding carboxylic acids is 2. The van der Waals surface area contributed by atoms with Crippen LogP contribution in [0, 0.1) is 10.8 Å². The molecule has 1 atom stereocenters. The maximum absolute atomic E-state index is 12.0. The Bertz CT molecular complexity index is 717. The molecule has 0 saturated heterocycles. The van der Waals surface area contributed by atoms with Crippen molar-refractivity contribution in [3.05, 3.63) is 58.0 Å². The number of hydrogen-bond donors (Lipinski definition) is 2. The van der Waals surface area contributed by atoms with Gasteiger partial charge in [-0.3, -0.25) is 9.59 Å². The fraction of sp³-hybridized carbons (Fsp3) is 0.350. The molecule has 7 heteroatoms. The van der Waals surface area contributed by atoms with Gasteiger partial charge >= 0.3 is 0 Å². The van der Waals surface area contributed by atoms with Gasteiger partial charge in [0.25, 0.3) is 11.8 Å². The molecule has 0 aliphatic carbocycles.